The monoisotopic (exact) mass is 960 g/mol. The summed E-state index contributed by atoms with van der Waals surface area (Å²) in [6.07, 6.45) is 36.1. The smallest absolute Gasteiger partial charge is 0.0848 e. The maximum Gasteiger partial charge on any atom is 0.124 e. The fourth-order valence-corrected chi connectivity index (χ4v) is 19.8. The van der Waals surface area contributed by atoms with Crippen molar-refractivity contribution in [3.8, 4) is 22.3 Å². The Morgan fingerprint density at radius 3 is 1.33 bits per heavy atom. The third-order valence-electron chi connectivity index (χ3n) is 13.7. The average Bonchev–Trinajstić information content (AvgIpc) is 3.29. The van der Waals surface area contributed by atoms with Gasteiger partial charge in [-0.15, -0.1) is 0 Å². The number of unbranched alkanes of at least 4 members (excludes halogenated alkanes) is 20. The highest BCUT2D eigenvalue weighted by Crippen LogP contribution is 2.83. The fourth-order valence-electron chi connectivity index (χ4n) is 10.00. The molecule has 0 nitrogen and oxygen atoms in total. The minimum atomic E-state index is -1.69. The van der Waals surface area contributed by atoms with E-state index in [4.69, 9.17) is 0 Å². The zero-order chi connectivity index (χ0) is 42.7. The Morgan fingerprint density at radius 1 is 0.450 bits per heavy atom. The predicted octanol–water partition coefficient (Wildman–Crippen LogP) is 20.1. The van der Waals surface area contributed by atoms with Crippen LogP contribution in [0.2, 0.25) is 0 Å². The first kappa shape index (κ1) is 51.1. The van der Waals surface area contributed by atoms with Gasteiger partial charge in [-0.25, -0.2) is 0 Å². The lowest BCUT2D eigenvalue weighted by atomic mass is 9.81. The second kappa shape index (κ2) is 29.8. The molecule has 0 radical (unpaired) electrons. The van der Waals surface area contributed by atoms with Crippen LogP contribution in [-0.2, 0) is 4.90 Å². The van der Waals surface area contributed by atoms with Crippen LogP contribution in [0.25, 0.3) is 22.3 Å². The van der Waals surface area contributed by atoms with E-state index in [1.54, 1.807) is 5.56 Å². The van der Waals surface area contributed by atoms with Gasteiger partial charge in [0.1, 0.15) is 8.56 Å². The maximum atomic E-state index is 3.75. The van der Waals surface area contributed by atoms with Gasteiger partial charge in [-0.3, -0.25) is 0 Å². The Balaban J connectivity index is 1.47. The number of hydrogen-bond acceptors (Lipinski definition) is 0. The topological polar surface area (TPSA) is 0 Å². The zero-order valence-corrected chi connectivity index (χ0v) is 43.0. The highest BCUT2D eigenvalue weighted by atomic mass is 127. The van der Waals surface area contributed by atoms with Crippen LogP contribution in [0.1, 0.15) is 198 Å². The molecule has 0 saturated carbocycles. The van der Waals surface area contributed by atoms with Gasteiger partial charge < -0.3 is 0 Å². The van der Waals surface area contributed by atoms with E-state index in [-0.39, 0.29) is 4.90 Å². The molecule has 0 heterocycles. The normalized spacial score (nSPS) is 14.7. The molecule has 0 bridgehead atoms. The molecule has 4 aromatic rings. The fraction of sp³-hybridized carbons (Fsp3) is 0.579. The Hall–Kier alpha value is -1.53. The van der Waals surface area contributed by atoms with E-state index < -0.39 is 7.26 Å². The molecule has 60 heavy (non-hydrogen) atoms. The van der Waals surface area contributed by atoms with Crippen LogP contribution in [0.4, 0.5) is 0 Å². The SMILES string of the molecule is CCCCCCCCCCCCCCCCCCCCCC[P+](C)(C(I)CCC)C(P)(c1ccccc1-c1ccccc1)C(CCCC)c1ccccc1-c1ccccc1. The Morgan fingerprint density at radius 2 is 0.850 bits per heavy atom. The summed E-state index contributed by atoms with van der Waals surface area (Å²) in [4.78, 5) is -0.0889. The van der Waals surface area contributed by atoms with E-state index >= 15 is 0 Å². The molecule has 5 unspecified atom stereocenters. The summed E-state index contributed by atoms with van der Waals surface area (Å²) in [5.74, 6) is 0.376. The molecule has 0 spiro atoms. The van der Waals surface area contributed by atoms with Gasteiger partial charge in [0.05, 0.1) is 12.8 Å². The van der Waals surface area contributed by atoms with E-state index in [2.05, 4.69) is 168 Å². The third-order valence-corrected chi connectivity index (χ3v) is 25.5. The zero-order valence-electron chi connectivity index (χ0n) is 38.8. The van der Waals surface area contributed by atoms with Crippen LogP contribution in [0, 0.1) is 0 Å². The van der Waals surface area contributed by atoms with Crippen molar-refractivity contribution in [2.24, 2.45) is 0 Å². The standard InChI is InChI=1S/C57H86IP2/c1-5-8-10-11-12-13-14-15-16-17-18-19-20-21-22-23-24-25-26-37-48-60(4,56(58)38-7-3)57(59,54-47-36-35-44-52(54)50-41-31-28-32-42-50)55(46-9-6-2)53-45-34-33-43-51(53)49-39-29-27-30-40-49/h27-36,39-45,47,55-56H,5-26,37-38,46,48,59H2,1-4H3/q+1. The van der Waals surface area contributed by atoms with Crippen molar-refractivity contribution in [2.75, 3.05) is 12.8 Å². The van der Waals surface area contributed by atoms with Gasteiger partial charge in [-0.2, -0.15) is 0 Å². The molecule has 0 aliphatic heterocycles. The van der Waals surface area contributed by atoms with Gasteiger partial charge in [0.25, 0.3) is 0 Å². The Labute approximate surface area is 387 Å². The summed E-state index contributed by atoms with van der Waals surface area (Å²) >= 11 is 2.95. The second-order valence-electron chi connectivity index (χ2n) is 18.3. The summed E-state index contributed by atoms with van der Waals surface area (Å²) < 4.78 is 0.648. The average molecular weight is 960 g/mol. The minimum absolute atomic E-state index is 0.0889. The molecule has 0 aliphatic carbocycles. The second-order valence-corrected chi connectivity index (χ2v) is 26.5. The lowest BCUT2D eigenvalue weighted by Gasteiger charge is -2.49. The van der Waals surface area contributed by atoms with E-state index in [1.807, 2.05) is 0 Å². The number of rotatable bonds is 33. The van der Waals surface area contributed by atoms with Gasteiger partial charge in [0.15, 0.2) is 0 Å². The molecule has 330 valence electrons. The molecule has 0 N–H and O–H groups in total. The molecule has 4 aromatic carbocycles. The van der Waals surface area contributed by atoms with Crippen LogP contribution in [0.3, 0.4) is 0 Å². The molecule has 4 rings (SSSR count). The molecular formula is C57H86IP2+. The Bertz CT molecular complexity index is 1670. The highest BCUT2D eigenvalue weighted by molar-refractivity contribution is 14.1. The van der Waals surface area contributed by atoms with Crippen molar-refractivity contribution in [1.82, 2.24) is 0 Å². The van der Waals surface area contributed by atoms with Crippen LogP contribution in [0.5, 0.6) is 0 Å². The molecule has 5 atom stereocenters. The summed E-state index contributed by atoms with van der Waals surface area (Å²) in [6, 6.07) is 41.6. The van der Waals surface area contributed by atoms with Crippen molar-refractivity contribution in [1.29, 1.82) is 0 Å². The summed E-state index contributed by atoms with van der Waals surface area (Å²) in [6.45, 7) is 9.92. The minimum Gasteiger partial charge on any atom is -0.0848 e. The van der Waals surface area contributed by atoms with Crippen molar-refractivity contribution < 1.29 is 0 Å². The van der Waals surface area contributed by atoms with Crippen molar-refractivity contribution >= 4 is 39.1 Å². The van der Waals surface area contributed by atoms with Gasteiger partial charge in [-0.05, 0) is 76.1 Å². The number of alkyl halides is 1. The Kier molecular flexibility index (Phi) is 25.4. The summed E-state index contributed by atoms with van der Waals surface area (Å²) in [5, 5.41) is 0. The lowest BCUT2D eigenvalue weighted by Crippen LogP contribution is -2.36. The number of benzene rings is 4. The molecule has 0 fully saturated rings. The van der Waals surface area contributed by atoms with Crippen molar-refractivity contribution in [2.45, 2.75) is 196 Å². The molecule has 0 aliphatic rings. The third kappa shape index (κ3) is 15.6. The van der Waals surface area contributed by atoms with Crippen LogP contribution < -0.4 is 0 Å². The molecule has 3 heteroatoms. The van der Waals surface area contributed by atoms with Crippen LogP contribution >= 0.6 is 39.1 Å². The van der Waals surface area contributed by atoms with E-state index in [9.17, 15) is 0 Å². The van der Waals surface area contributed by atoms with Crippen molar-refractivity contribution in [3.63, 3.8) is 0 Å². The van der Waals surface area contributed by atoms with Gasteiger partial charge in [0.2, 0.25) is 0 Å². The van der Waals surface area contributed by atoms with Crippen LogP contribution in [0.15, 0.2) is 109 Å². The van der Waals surface area contributed by atoms with E-state index in [0.717, 1.165) is 0 Å². The quantitative estimate of drug-likeness (QED) is 0.0193. The molecule has 0 amide bonds. The van der Waals surface area contributed by atoms with Gasteiger partial charge in [0, 0.05) is 18.7 Å². The van der Waals surface area contributed by atoms with Gasteiger partial charge >= 0.3 is 0 Å². The molecule has 0 aromatic heterocycles. The maximum absolute atomic E-state index is 3.75. The molecule has 0 saturated heterocycles. The van der Waals surface area contributed by atoms with Crippen LogP contribution in [-0.4, -0.2) is 16.5 Å². The van der Waals surface area contributed by atoms with Crippen molar-refractivity contribution in [3.05, 3.63) is 120 Å². The number of halogens is 1. The first-order valence-electron chi connectivity index (χ1n) is 25.0. The van der Waals surface area contributed by atoms with E-state index in [0.29, 0.717) is 9.58 Å². The lowest BCUT2D eigenvalue weighted by molar-refractivity contribution is 0.522. The van der Waals surface area contributed by atoms with E-state index in [1.165, 1.54) is 194 Å². The number of hydrogen-bond donors (Lipinski definition) is 0. The predicted molar refractivity (Wildman–Crippen MR) is 286 cm³/mol. The summed E-state index contributed by atoms with van der Waals surface area (Å²) in [5.41, 5.74) is 8.59. The van der Waals surface area contributed by atoms with Gasteiger partial charge in [-0.1, -0.05) is 274 Å². The summed E-state index contributed by atoms with van der Waals surface area (Å²) in [7, 11) is 2.06. The highest BCUT2D eigenvalue weighted by Gasteiger charge is 2.60. The largest absolute Gasteiger partial charge is 0.124 e. The first-order valence-corrected chi connectivity index (χ1v) is 29.3. The molecular weight excluding hydrogens is 873 g/mol. The first-order chi connectivity index (χ1) is 29.4.